The minimum absolute atomic E-state index is 0.132. The fourth-order valence-electron chi connectivity index (χ4n) is 1.88. The van der Waals surface area contributed by atoms with Gasteiger partial charge >= 0.3 is 0 Å². The molecule has 5 nitrogen and oxygen atoms in total. The molecule has 1 amide bonds. The van der Waals surface area contributed by atoms with E-state index in [1.54, 1.807) is 17.4 Å². The van der Waals surface area contributed by atoms with Crippen LogP contribution < -0.4 is 16.6 Å². The largest absolute Gasteiger partial charge is 0.343 e. The summed E-state index contributed by atoms with van der Waals surface area (Å²) in [4.78, 5) is 17.7. The Bertz CT molecular complexity index is 623. The Morgan fingerprint density at radius 1 is 1.40 bits per heavy atom. The predicted octanol–water partition coefficient (Wildman–Crippen LogP) is 2.54. The standard InChI is InChI=1S/C14H18N4OS/c1-8-4-5-12(18-15)11(6-8)13(19)17-10(3)14-16-7-9(2)20-14/h4-7,10,18H,15H2,1-3H3,(H,17,19). The second kappa shape index (κ2) is 6.02. The van der Waals surface area contributed by atoms with Gasteiger partial charge in [0.05, 0.1) is 17.3 Å². The highest BCUT2D eigenvalue weighted by Crippen LogP contribution is 2.21. The summed E-state index contributed by atoms with van der Waals surface area (Å²) in [6.45, 7) is 5.85. The number of nitrogen functional groups attached to an aromatic ring is 1. The van der Waals surface area contributed by atoms with Gasteiger partial charge in [-0.1, -0.05) is 11.6 Å². The summed E-state index contributed by atoms with van der Waals surface area (Å²) < 4.78 is 0. The number of rotatable bonds is 4. The SMILES string of the molecule is Cc1ccc(NN)c(C(=O)NC(C)c2ncc(C)s2)c1. The molecule has 1 aromatic heterocycles. The molecule has 0 saturated heterocycles. The van der Waals surface area contributed by atoms with Crippen LogP contribution in [0.4, 0.5) is 5.69 Å². The van der Waals surface area contributed by atoms with Crippen molar-refractivity contribution < 1.29 is 4.79 Å². The van der Waals surface area contributed by atoms with Gasteiger partial charge in [0.2, 0.25) is 0 Å². The third-order valence-electron chi connectivity index (χ3n) is 2.93. The third-order valence-corrected chi connectivity index (χ3v) is 4.03. The van der Waals surface area contributed by atoms with E-state index in [9.17, 15) is 4.79 Å². The van der Waals surface area contributed by atoms with Gasteiger partial charge < -0.3 is 10.7 Å². The molecule has 0 saturated carbocycles. The third kappa shape index (κ3) is 3.15. The second-order valence-corrected chi connectivity index (χ2v) is 5.96. The summed E-state index contributed by atoms with van der Waals surface area (Å²) in [6, 6.07) is 5.37. The molecular weight excluding hydrogens is 272 g/mol. The first-order chi connectivity index (χ1) is 9.51. The highest BCUT2D eigenvalue weighted by atomic mass is 32.1. The van der Waals surface area contributed by atoms with Crippen molar-refractivity contribution in [3.8, 4) is 0 Å². The second-order valence-electron chi connectivity index (χ2n) is 4.70. The van der Waals surface area contributed by atoms with E-state index in [0.717, 1.165) is 15.4 Å². The number of hydrogen-bond acceptors (Lipinski definition) is 5. The zero-order valence-corrected chi connectivity index (χ0v) is 12.5. The van der Waals surface area contributed by atoms with Gasteiger partial charge in [-0.2, -0.15) is 0 Å². The lowest BCUT2D eigenvalue weighted by atomic mass is 10.1. The molecule has 4 N–H and O–H groups in total. The molecule has 0 radical (unpaired) electrons. The Kier molecular flexibility index (Phi) is 4.36. The topological polar surface area (TPSA) is 80.0 Å². The molecule has 1 heterocycles. The van der Waals surface area contributed by atoms with Gasteiger partial charge in [-0.15, -0.1) is 11.3 Å². The molecule has 106 valence electrons. The molecule has 0 fully saturated rings. The maximum Gasteiger partial charge on any atom is 0.253 e. The fourth-order valence-corrected chi connectivity index (χ4v) is 2.66. The molecule has 1 unspecified atom stereocenters. The molecule has 0 aliphatic heterocycles. The average molecular weight is 290 g/mol. The number of aromatic nitrogens is 1. The van der Waals surface area contributed by atoms with Crippen LogP contribution in [0.1, 0.15) is 38.8 Å². The van der Waals surface area contributed by atoms with E-state index in [0.29, 0.717) is 11.3 Å². The molecule has 0 aliphatic carbocycles. The Morgan fingerprint density at radius 2 is 2.15 bits per heavy atom. The van der Waals surface area contributed by atoms with Crippen molar-refractivity contribution in [1.82, 2.24) is 10.3 Å². The lowest BCUT2D eigenvalue weighted by Gasteiger charge is -2.14. The molecule has 0 spiro atoms. The van der Waals surface area contributed by atoms with Gasteiger partial charge in [0.25, 0.3) is 5.91 Å². The summed E-state index contributed by atoms with van der Waals surface area (Å²) in [5.41, 5.74) is 4.70. The molecule has 6 heteroatoms. The van der Waals surface area contributed by atoms with Crippen LogP contribution in [-0.2, 0) is 0 Å². The maximum absolute atomic E-state index is 12.3. The number of hydrazine groups is 1. The van der Waals surface area contributed by atoms with Crippen molar-refractivity contribution in [3.05, 3.63) is 45.4 Å². The van der Waals surface area contributed by atoms with Gasteiger partial charge in [0.15, 0.2) is 0 Å². The van der Waals surface area contributed by atoms with E-state index in [-0.39, 0.29) is 11.9 Å². The lowest BCUT2D eigenvalue weighted by molar-refractivity contribution is 0.0940. The normalized spacial score (nSPS) is 12.0. The summed E-state index contributed by atoms with van der Waals surface area (Å²) >= 11 is 1.58. The van der Waals surface area contributed by atoms with Crippen LogP contribution >= 0.6 is 11.3 Å². The summed E-state index contributed by atoms with van der Waals surface area (Å²) in [5.74, 6) is 5.28. The van der Waals surface area contributed by atoms with Crippen molar-refractivity contribution >= 4 is 22.9 Å². The number of anilines is 1. The van der Waals surface area contributed by atoms with Crippen molar-refractivity contribution in [2.24, 2.45) is 5.84 Å². The van der Waals surface area contributed by atoms with Crippen molar-refractivity contribution in [2.75, 3.05) is 5.43 Å². The van der Waals surface area contributed by atoms with E-state index in [4.69, 9.17) is 5.84 Å². The van der Waals surface area contributed by atoms with Gasteiger partial charge in [-0.3, -0.25) is 10.6 Å². The Morgan fingerprint density at radius 3 is 2.75 bits per heavy atom. The number of carbonyl (C=O) groups is 1. The van der Waals surface area contributed by atoms with E-state index in [1.165, 1.54) is 0 Å². The average Bonchev–Trinajstić information content (AvgIpc) is 2.85. The number of carbonyl (C=O) groups excluding carboxylic acids is 1. The summed E-state index contributed by atoms with van der Waals surface area (Å²) in [7, 11) is 0. The van der Waals surface area contributed by atoms with E-state index < -0.39 is 0 Å². The van der Waals surface area contributed by atoms with E-state index in [2.05, 4.69) is 15.7 Å². The number of hydrogen-bond donors (Lipinski definition) is 3. The highest BCUT2D eigenvalue weighted by molar-refractivity contribution is 7.11. The zero-order valence-electron chi connectivity index (χ0n) is 11.7. The van der Waals surface area contributed by atoms with Crippen molar-refractivity contribution in [1.29, 1.82) is 0 Å². The molecule has 20 heavy (non-hydrogen) atoms. The minimum atomic E-state index is -0.165. The Hall–Kier alpha value is -1.92. The van der Waals surface area contributed by atoms with E-state index in [1.807, 2.05) is 39.1 Å². The smallest absolute Gasteiger partial charge is 0.253 e. The molecule has 0 aliphatic rings. The fraction of sp³-hybridized carbons (Fsp3) is 0.286. The molecule has 1 atom stereocenters. The zero-order chi connectivity index (χ0) is 14.7. The van der Waals surface area contributed by atoms with Crippen LogP contribution in [0.5, 0.6) is 0 Å². The molecule has 2 aromatic rings. The van der Waals surface area contributed by atoms with Crippen LogP contribution in [0.2, 0.25) is 0 Å². The number of thiazole rings is 1. The van der Waals surface area contributed by atoms with E-state index >= 15 is 0 Å². The van der Waals surface area contributed by atoms with Crippen LogP contribution in [0.15, 0.2) is 24.4 Å². The first-order valence-corrected chi connectivity index (χ1v) is 7.13. The lowest BCUT2D eigenvalue weighted by Crippen LogP contribution is -2.28. The van der Waals surface area contributed by atoms with Gasteiger partial charge in [0.1, 0.15) is 5.01 Å². The number of nitrogens with one attached hydrogen (secondary N) is 2. The number of nitrogens with zero attached hydrogens (tertiary/aromatic N) is 1. The molecule has 2 rings (SSSR count). The summed E-state index contributed by atoms with van der Waals surface area (Å²) in [5, 5.41) is 3.84. The van der Waals surface area contributed by atoms with Crippen molar-refractivity contribution in [3.63, 3.8) is 0 Å². The number of nitrogens with two attached hydrogens (primary N) is 1. The van der Waals surface area contributed by atoms with Gasteiger partial charge in [0, 0.05) is 11.1 Å². The predicted molar refractivity (Wildman–Crippen MR) is 81.7 cm³/mol. The maximum atomic E-state index is 12.3. The number of amides is 1. The van der Waals surface area contributed by atoms with Crippen LogP contribution in [0.25, 0.3) is 0 Å². The first kappa shape index (κ1) is 14.5. The van der Waals surface area contributed by atoms with Gasteiger partial charge in [-0.05, 0) is 32.9 Å². The number of aryl methyl sites for hydroxylation is 2. The first-order valence-electron chi connectivity index (χ1n) is 6.31. The molecular formula is C14H18N4OS. The van der Waals surface area contributed by atoms with Crippen LogP contribution in [0, 0.1) is 13.8 Å². The van der Waals surface area contributed by atoms with Crippen LogP contribution in [0.3, 0.4) is 0 Å². The van der Waals surface area contributed by atoms with Crippen molar-refractivity contribution in [2.45, 2.75) is 26.8 Å². The van der Waals surface area contributed by atoms with Crippen LogP contribution in [-0.4, -0.2) is 10.9 Å². The Labute approximate surface area is 122 Å². The highest BCUT2D eigenvalue weighted by Gasteiger charge is 2.16. The monoisotopic (exact) mass is 290 g/mol. The number of benzene rings is 1. The summed E-state index contributed by atoms with van der Waals surface area (Å²) in [6.07, 6.45) is 1.81. The molecule has 1 aromatic carbocycles. The van der Waals surface area contributed by atoms with Gasteiger partial charge in [-0.25, -0.2) is 4.98 Å². The quantitative estimate of drug-likeness (QED) is 0.597. The minimum Gasteiger partial charge on any atom is -0.343 e. The Balaban J connectivity index is 2.18. The molecule has 0 bridgehead atoms.